The van der Waals surface area contributed by atoms with Crippen molar-refractivity contribution >= 4 is 11.3 Å². The SMILES string of the molecule is COC(=C(c1c(C)cc(C)cc1C)c1c(C)cc(C)cc1C)c1c(C)cc(C)cc1C. The Hall–Kier alpha value is -2.80. The van der Waals surface area contributed by atoms with E-state index >= 15 is 0 Å². The first-order valence-corrected chi connectivity index (χ1v) is 11.1. The molecule has 162 valence electrons. The summed E-state index contributed by atoms with van der Waals surface area (Å²) in [5.41, 5.74) is 16.4. The van der Waals surface area contributed by atoms with E-state index in [9.17, 15) is 0 Å². The Morgan fingerprint density at radius 2 is 0.710 bits per heavy atom. The molecule has 0 heterocycles. The topological polar surface area (TPSA) is 9.23 Å². The predicted molar refractivity (Wildman–Crippen MR) is 135 cm³/mol. The van der Waals surface area contributed by atoms with Gasteiger partial charge in [0.25, 0.3) is 0 Å². The highest BCUT2D eigenvalue weighted by atomic mass is 16.5. The van der Waals surface area contributed by atoms with Gasteiger partial charge in [0.2, 0.25) is 0 Å². The van der Waals surface area contributed by atoms with Gasteiger partial charge in [0.15, 0.2) is 0 Å². The maximum atomic E-state index is 6.27. The summed E-state index contributed by atoms with van der Waals surface area (Å²) in [6.07, 6.45) is 0. The van der Waals surface area contributed by atoms with Crippen molar-refractivity contribution in [2.45, 2.75) is 62.3 Å². The summed E-state index contributed by atoms with van der Waals surface area (Å²) in [4.78, 5) is 0. The molecule has 0 aliphatic heterocycles. The zero-order valence-corrected chi connectivity index (χ0v) is 20.9. The molecule has 0 bridgehead atoms. The molecule has 3 rings (SSSR count). The van der Waals surface area contributed by atoms with Crippen LogP contribution in [0.5, 0.6) is 0 Å². The lowest BCUT2D eigenvalue weighted by molar-refractivity contribution is 0.371. The van der Waals surface area contributed by atoms with Gasteiger partial charge in [-0.2, -0.15) is 0 Å². The van der Waals surface area contributed by atoms with Crippen molar-refractivity contribution in [3.63, 3.8) is 0 Å². The van der Waals surface area contributed by atoms with Crippen molar-refractivity contribution in [1.29, 1.82) is 0 Å². The van der Waals surface area contributed by atoms with Gasteiger partial charge in [0, 0.05) is 11.1 Å². The van der Waals surface area contributed by atoms with Crippen LogP contribution in [0.25, 0.3) is 11.3 Å². The van der Waals surface area contributed by atoms with Crippen molar-refractivity contribution in [2.75, 3.05) is 7.11 Å². The van der Waals surface area contributed by atoms with Gasteiger partial charge in [-0.15, -0.1) is 0 Å². The van der Waals surface area contributed by atoms with E-state index < -0.39 is 0 Å². The van der Waals surface area contributed by atoms with E-state index in [1.165, 1.54) is 72.3 Å². The highest BCUT2D eigenvalue weighted by Gasteiger charge is 2.24. The molecule has 0 aliphatic rings. The number of rotatable bonds is 4. The smallest absolute Gasteiger partial charge is 0.135 e. The molecule has 0 unspecified atom stereocenters. The van der Waals surface area contributed by atoms with Crippen molar-refractivity contribution < 1.29 is 4.74 Å². The third-order valence-corrected chi connectivity index (χ3v) is 6.19. The number of benzene rings is 3. The Morgan fingerprint density at radius 3 is 0.968 bits per heavy atom. The Labute approximate surface area is 188 Å². The van der Waals surface area contributed by atoms with Crippen molar-refractivity contribution in [3.8, 4) is 0 Å². The minimum Gasteiger partial charge on any atom is -0.495 e. The number of methoxy groups -OCH3 is 1. The van der Waals surface area contributed by atoms with Crippen LogP contribution >= 0.6 is 0 Å². The second kappa shape index (κ2) is 8.75. The first kappa shape index (κ1) is 22.9. The number of ether oxygens (including phenoxy) is 1. The average molecular weight is 413 g/mol. The Balaban J connectivity index is 2.57. The minimum atomic E-state index is 0.958. The Bertz CT molecular complexity index is 1060. The molecule has 0 aromatic heterocycles. The van der Waals surface area contributed by atoms with Crippen molar-refractivity contribution in [3.05, 3.63) is 103 Å². The summed E-state index contributed by atoms with van der Waals surface area (Å²) in [7, 11) is 1.81. The summed E-state index contributed by atoms with van der Waals surface area (Å²) in [5.74, 6) is 0.958. The maximum Gasteiger partial charge on any atom is 0.135 e. The number of aryl methyl sites for hydroxylation is 9. The Morgan fingerprint density at radius 1 is 0.452 bits per heavy atom. The number of hydrogen-bond donors (Lipinski definition) is 0. The van der Waals surface area contributed by atoms with Crippen LogP contribution in [0.3, 0.4) is 0 Å². The number of hydrogen-bond acceptors (Lipinski definition) is 1. The van der Waals surface area contributed by atoms with Gasteiger partial charge in [0.05, 0.1) is 7.11 Å². The fourth-order valence-corrected chi connectivity index (χ4v) is 5.37. The van der Waals surface area contributed by atoms with E-state index in [1.807, 2.05) is 7.11 Å². The van der Waals surface area contributed by atoms with Gasteiger partial charge in [0.1, 0.15) is 5.76 Å². The molecule has 0 saturated heterocycles. The van der Waals surface area contributed by atoms with Crippen LogP contribution in [0.4, 0.5) is 0 Å². The van der Waals surface area contributed by atoms with E-state index in [0.717, 1.165) is 5.76 Å². The van der Waals surface area contributed by atoms with E-state index in [1.54, 1.807) is 0 Å². The molecule has 3 aromatic carbocycles. The fraction of sp³-hybridized carbons (Fsp3) is 0.333. The first-order valence-electron chi connectivity index (χ1n) is 11.1. The minimum absolute atomic E-state index is 0.958. The summed E-state index contributed by atoms with van der Waals surface area (Å²) in [6, 6.07) is 13.6. The van der Waals surface area contributed by atoms with Crippen molar-refractivity contribution in [1.82, 2.24) is 0 Å². The van der Waals surface area contributed by atoms with Crippen LogP contribution in [-0.4, -0.2) is 7.11 Å². The molecule has 0 aliphatic carbocycles. The van der Waals surface area contributed by atoms with Gasteiger partial charge in [-0.1, -0.05) is 53.1 Å². The predicted octanol–water partition coefficient (Wildman–Crippen LogP) is 8.03. The molecule has 0 amide bonds. The molecule has 1 nitrogen and oxygen atoms in total. The largest absolute Gasteiger partial charge is 0.495 e. The van der Waals surface area contributed by atoms with Gasteiger partial charge >= 0.3 is 0 Å². The second-order valence-corrected chi connectivity index (χ2v) is 9.23. The van der Waals surface area contributed by atoms with Gasteiger partial charge < -0.3 is 4.74 Å². The lowest BCUT2D eigenvalue weighted by atomic mass is 9.82. The molecule has 0 atom stereocenters. The molecule has 0 N–H and O–H groups in total. The van der Waals surface area contributed by atoms with Gasteiger partial charge in [-0.25, -0.2) is 0 Å². The molecule has 0 fully saturated rings. The van der Waals surface area contributed by atoms with E-state index in [-0.39, 0.29) is 0 Å². The summed E-state index contributed by atoms with van der Waals surface area (Å²) >= 11 is 0. The van der Waals surface area contributed by atoms with E-state index in [4.69, 9.17) is 4.74 Å². The average Bonchev–Trinajstić information content (AvgIpc) is 2.61. The third kappa shape index (κ3) is 4.32. The lowest BCUT2D eigenvalue weighted by Gasteiger charge is -2.25. The molecular weight excluding hydrogens is 376 g/mol. The fourth-order valence-electron chi connectivity index (χ4n) is 5.37. The van der Waals surface area contributed by atoms with Crippen LogP contribution in [0.15, 0.2) is 36.4 Å². The van der Waals surface area contributed by atoms with Crippen LogP contribution < -0.4 is 0 Å². The molecule has 0 spiro atoms. The quantitative estimate of drug-likeness (QED) is 0.311. The van der Waals surface area contributed by atoms with Crippen LogP contribution in [0, 0.1) is 62.3 Å². The molecule has 0 radical (unpaired) electrons. The third-order valence-electron chi connectivity index (χ3n) is 6.19. The lowest BCUT2D eigenvalue weighted by Crippen LogP contribution is -2.07. The first-order chi connectivity index (χ1) is 14.5. The Kier molecular flexibility index (Phi) is 6.46. The maximum absolute atomic E-state index is 6.27. The normalized spacial score (nSPS) is 10.9. The van der Waals surface area contributed by atoms with Gasteiger partial charge in [-0.3, -0.25) is 0 Å². The molecule has 3 aromatic rings. The molecule has 31 heavy (non-hydrogen) atoms. The monoisotopic (exact) mass is 412 g/mol. The summed E-state index contributed by atoms with van der Waals surface area (Å²) in [5, 5.41) is 0. The van der Waals surface area contributed by atoms with Crippen LogP contribution in [0.1, 0.15) is 66.8 Å². The van der Waals surface area contributed by atoms with E-state index in [2.05, 4.69) is 98.7 Å². The summed E-state index contributed by atoms with van der Waals surface area (Å²) < 4.78 is 6.27. The second-order valence-electron chi connectivity index (χ2n) is 9.23. The van der Waals surface area contributed by atoms with Gasteiger partial charge in [-0.05, 0) is 107 Å². The highest BCUT2D eigenvalue weighted by Crippen LogP contribution is 2.41. The van der Waals surface area contributed by atoms with Crippen molar-refractivity contribution in [2.24, 2.45) is 0 Å². The zero-order chi connectivity index (χ0) is 23.0. The standard InChI is InChI=1S/C30H36O/c1-17-11-20(4)26(21(5)12-17)29(27-22(6)13-18(2)14-23(27)7)30(31-10)28-24(8)15-19(3)16-25(28)9/h11-16H,1-10H3. The molecule has 1 heteroatoms. The molecule has 0 saturated carbocycles. The molecular formula is C30H36O. The summed E-state index contributed by atoms with van der Waals surface area (Å²) in [6.45, 7) is 19.7. The highest BCUT2D eigenvalue weighted by molar-refractivity contribution is 6.00. The zero-order valence-electron chi connectivity index (χ0n) is 20.9. The van der Waals surface area contributed by atoms with E-state index in [0.29, 0.717) is 0 Å². The van der Waals surface area contributed by atoms with Crippen LogP contribution in [0.2, 0.25) is 0 Å². The van der Waals surface area contributed by atoms with Crippen LogP contribution in [-0.2, 0) is 4.74 Å².